The number of nitrogens with two attached hydrogens (primary N) is 1. The second-order valence-electron chi connectivity index (χ2n) is 5.12. The number of rotatable bonds is 10. The predicted octanol–water partition coefficient (Wildman–Crippen LogP) is 2.17. The highest BCUT2D eigenvalue weighted by Gasteiger charge is 2.31. The van der Waals surface area contributed by atoms with Crippen LogP contribution in [0.15, 0.2) is 0 Å². The van der Waals surface area contributed by atoms with Crippen molar-refractivity contribution in [3.63, 3.8) is 0 Å². The fourth-order valence-electron chi connectivity index (χ4n) is 1.86. The fraction of sp³-hybridized carbons (Fsp3) is 0.929. The lowest BCUT2D eigenvalue weighted by Gasteiger charge is -2.30. The lowest BCUT2D eigenvalue weighted by molar-refractivity contribution is -0.149. The van der Waals surface area contributed by atoms with Crippen LogP contribution in [0.5, 0.6) is 0 Å². The summed E-state index contributed by atoms with van der Waals surface area (Å²) in [4.78, 5) is 14.1. The molecule has 0 aliphatic carbocycles. The van der Waals surface area contributed by atoms with Crippen molar-refractivity contribution in [2.75, 3.05) is 26.2 Å². The molecule has 0 aromatic carbocycles. The highest BCUT2D eigenvalue weighted by atomic mass is 16.5. The normalized spacial score (nSPS) is 14.6. The average molecular weight is 258 g/mol. The van der Waals surface area contributed by atoms with Crippen molar-refractivity contribution in [1.29, 1.82) is 0 Å². The van der Waals surface area contributed by atoms with Crippen LogP contribution in [0.25, 0.3) is 0 Å². The van der Waals surface area contributed by atoms with E-state index in [9.17, 15) is 4.79 Å². The molecule has 0 saturated heterocycles. The number of nitrogens with zero attached hydrogens (tertiary/aromatic N) is 1. The van der Waals surface area contributed by atoms with Gasteiger partial charge in [-0.1, -0.05) is 26.7 Å². The van der Waals surface area contributed by atoms with Crippen molar-refractivity contribution >= 4 is 5.97 Å². The van der Waals surface area contributed by atoms with Gasteiger partial charge in [0.25, 0.3) is 0 Å². The maximum absolute atomic E-state index is 11.8. The zero-order valence-corrected chi connectivity index (χ0v) is 12.5. The van der Waals surface area contributed by atoms with Gasteiger partial charge in [0, 0.05) is 6.54 Å². The molecule has 0 bridgehead atoms. The Kier molecular flexibility index (Phi) is 9.02. The zero-order valence-electron chi connectivity index (χ0n) is 12.5. The van der Waals surface area contributed by atoms with Crippen molar-refractivity contribution in [1.82, 2.24) is 4.90 Å². The number of hydrogen-bond donors (Lipinski definition) is 1. The number of hydrogen-bond acceptors (Lipinski definition) is 4. The van der Waals surface area contributed by atoms with Gasteiger partial charge in [-0.2, -0.15) is 0 Å². The van der Waals surface area contributed by atoms with E-state index in [0.717, 1.165) is 38.8 Å². The van der Waals surface area contributed by atoms with Gasteiger partial charge in [-0.3, -0.25) is 4.79 Å². The van der Waals surface area contributed by atoms with Crippen LogP contribution in [0.1, 0.15) is 53.4 Å². The highest BCUT2D eigenvalue weighted by Crippen LogP contribution is 2.09. The Morgan fingerprint density at radius 2 is 1.67 bits per heavy atom. The van der Waals surface area contributed by atoms with Crippen molar-refractivity contribution in [2.45, 2.75) is 58.9 Å². The summed E-state index contributed by atoms with van der Waals surface area (Å²) in [5.41, 5.74) is 5.17. The third kappa shape index (κ3) is 6.97. The molecule has 0 aliphatic rings. The van der Waals surface area contributed by atoms with E-state index in [1.807, 2.05) is 0 Å². The first-order chi connectivity index (χ1) is 8.47. The summed E-state index contributed by atoms with van der Waals surface area (Å²) in [5, 5.41) is 0. The largest absolute Gasteiger partial charge is 0.465 e. The van der Waals surface area contributed by atoms with E-state index < -0.39 is 5.54 Å². The van der Waals surface area contributed by atoms with Crippen LogP contribution in [0, 0.1) is 0 Å². The lowest BCUT2D eigenvalue weighted by atomic mass is 10.0. The molecule has 0 aromatic heterocycles. The van der Waals surface area contributed by atoms with Gasteiger partial charge in [0.2, 0.25) is 0 Å². The van der Waals surface area contributed by atoms with E-state index >= 15 is 0 Å². The average Bonchev–Trinajstić information content (AvgIpc) is 2.32. The standard InChI is InChI=1S/C14H30N2O2/c1-5-8-10-16(11-9-6-2)12-14(4,15)13(17)18-7-3/h5-12,15H2,1-4H3. The second kappa shape index (κ2) is 9.34. The van der Waals surface area contributed by atoms with Gasteiger partial charge in [0.05, 0.1) is 6.61 Å². The van der Waals surface area contributed by atoms with Crippen molar-refractivity contribution in [2.24, 2.45) is 5.73 Å². The van der Waals surface area contributed by atoms with Gasteiger partial charge in [-0.15, -0.1) is 0 Å². The number of esters is 1. The molecule has 0 amide bonds. The van der Waals surface area contributed by atoms with E-state index in [1.54, 1.807) is 13.8 Å². The van der Waals surface area contributed by atoms with Gasteiger partial charge >= 0.3 is 5.97 Å². The van der Waals surface area contributed by atoms with Crippen molar-refractivity contribution < 1.29 is 9.53 Å². The molecular formula is C14H30N2O2. The molecule has 0 radical (unpaired) electrons. The summed E-state index contributed by atoms with van der Waals surface area (Å²) in [6.45, 7) is 10.9. The Balaban J connectivity index is 4.37. The molecule has 0 aromatic rings. The summed E-state index contributed by atoms with van der Waals surface area (Å²) < 4.78 is 5.03. The maximum atomic E-state index is 11.8. The minimum Gasteiger partial charge on any atom is -0.465 e. The van der Waals surface area contributed by atoms with Crippen LogP contribution >= 0.6 is 0 Å². The third-order valence-electron chi connectivity index (χ3n) is 2.95. The van der Waals surface area contributed by atoms with Gasteiger partial charge < -0.3 is 15.4 Å². The Morgan fingerprint density at radius 1 is 1.17 bits per heavy atom. The smallest absolute Gasteiger partial charge is 0.327 e. The lowest BCUT2D eigenvalue weighted by Crippen LogP contribution is -2.54. The molecule has 0 aliphatic heterocycles. The molecule has 4 nitrogen and oxygen atoms in total. The molecular weight excluding hydrogens is 228 g/mol. The van der Waals surface area contributed by atoms with Gasteiger partial charge in [0.15, 0.2) is 0 Å². The fourth-order valence-corrected chi connectivity index (χ4v) is 1.86. The molecule has 18 heavy (non-hydrogen) atoms. The van der Waals surface area contributed by atoms with Gasteiger partial charge in [0.1, 0.15) is 5.54 Å². The third-order valence-corrected chi connectivity index (χ3v) is 2.95. The number of carbonyl (C=O) groups is 1. The molecule has 2 N–H and O–H groups in total. The maximum Gasteiger partial charge on any atom is 0.327 e. The van der Waals surface area contributed by atoms with Crippen LogP contribution < -0.4 is 5.73 Å². The Bertz CT molecular complexity index is 222. The Labute approximate surface area is 112 Å². The van der Waals surface area contributed by atoms with E-state index in [0.29, 0.717) is 13.2 Å². The van der Waals surface area contributed by atoms with Crippen LogP contribution in [-0.2, 0) is 9.53 Å². The molecule has 0 saturated carbocycles. The van der Waals surface area contributed by atoms with E-state index in [4.69, 9.17) is 10.5 Å². The summed E-state index contributed by atoms with van der Waals surface area (Å²) in [6.07, 6.45) is 4.60. The topological polar surface area (TPSA) is 55.6 Å². The Morgan fingerprint density at radius 3 is 2.06 bits per heavy atom. The number of carbonyl (C=O) groups excluding carboxylic acids is 1. The van der Waals surface area contributed by atoms with Crippen LogP contribution in [0.2, 0.25) is 0 Å². The second-order valence-corrected chi connectivity index (χ2v) is 5.12. The van der Waals surface area contributed by atoms with Crippen LogP contribution in [-0.4, -0.2) is 42.6 Å². The summed E-state index contributed by atoms with van der Waals surface area (Å²) >= 11 is 0. The minimum absolute atomic E-state index is 0.303. The molecule has 0 fully saturated rings. The summed E-state index contributed by atoms with van der Waals surface area (Å²) in [5.74, 6) is -0.303. The minimum atomic E-state index is -0.905. The van der Waals surface area contributed by atoms with Gasteiger partial charge in [-0.05, 0) is 39.8 Å². The highest BCUT2D eigenvalue weighted by molar-refractivity contribution is 5.80. The number of unbranched alkanes of at least 4 members (excludes halogenated alkanes) is 2. The first kappa shape index (κ1) is 17.4. The first-order valence-electron chi connectivity index (χ1n) is 7.16. The van der Waals surface area contributed by atoms with Crippen molar-refractivity contribution in [3.05, 3.63) is 0 Å². The first-order valence-corrected chi connectivity index (χ1v) is 7.16. The molecule has 0 rings (SSSR count). The summed E-state index contributed by atoms with van der Waals surface area (Å²) in [7, 11) is 0. The van der Waals surface area contributed by atoms with E-state index in [2.05, 4.69) is 18.7 Å². The van der Waals surface area contributed by atoms with Crippen LogP contribution in [0.4, 0.5) is 0 Å². The molecule has 1 atom stereocenters. The Hall–Kier alpha value is -0.610. The molecule has 1 unspecified atom stereocenters. The summed E-state index contributed by atoms with van der Waals surface area (Å²) in [6, 6.07) is 0. The SMILES string of the molecule is CCCCN(CCCC)CC(C)(N)C(=O)OCC. The van der Waals surface area contributed by atoms with E-state index in [-0.39, 0.29) is 5.97 Å². The zero-order chi connectivity index (χ0) is 14.0. The molecule has 108 valence electrons. The molecule has 4 heteroatoms. The molecule has 0 spiro atoms. The quantitative estimate of drug-likeness (QED) is 0.610. The van der Waals surface area contributed by atoms with Gasteiger partial charge in [-0.25, -0.2) is 0 Å². The predicted molar refractivity (Wildman–Crippen MR) is 75.5 cm³/mol. The number of ether oxygens (including phenoxy) is 1. The van der Waals surface area contributed by atoms with Crippen molar-refractivity contribution in [3.8, 4) is 0 Å². The molecule has 0 heterocycles. The van der Waals surface area contributed by atoms with E-state index in [1.165, 1.54) is 0 Å². The van der Waals surface area contributed by atoms with Crippen LogP contribution in [0.3, 0.4) is 0 Å². The monoisotopic (exact) mass is 258 g/mol.